The minimum absolute atomic E-state index is 0.0222. The average Bonchev–Trinajstić information content (AvgIpc) is 2.27. The maximum Gasteiger partial charge on any atom is 0.270 e. The van der Waals surface area contributed by atoms with Crippen LogP contribution in [0.5, 0.6) is 0 Å². The average molecular weight is 224 g/mol. The quantitative estimate of drug-likeness (QED) is 0.579. The zero-order valence-electron chi connectivity index (χ0n) is 9.66. The van der Waals surface area contributed by atoms with E-state index in [0.717, 1.165) is 5.56 Å². The van der Waals surface area contributed by atoms with Crippen LogP contribution in [0.2, 0.25) is 0 Å². The molecular formula is C12H15FNO2. The number of benzene rings is 1. The third kappa shape index (κ3) is 2.78. The van der Waals surface area contributed by atoms with Crippen molar-refractivity contribution in [3.05, 3.63) is 45.4 Å². The van der Waals surface area contributed by atoms with Crippen molar-refractivity contribution >= 4 is 5.69 Å². The Hall–Kier alpha value is -1.45. The fourth-order valence-electron chi connectivity index (χ4n) is 1.40. The molecule has 1 radical (unpaired) electrons. The molecule has 3 nitrogen and oxygen atoms in total. The number of non-ortho nitro benzene ring substituents is 1. The van der Waals surface area contributed by atoms with Gasteiger partial charge in [-0.05, 0) is 17.0 Å². The van der Waals surface area contributed by atoms with Crippen molar-refractivity contribution < 1.29 is 9.31 Å². The first-order valence-electron chi connectivity index (χ1n) is 5.13. The number of halogens is 1. The highest BCUT2D eigenvalue weighted by Crippen LogP contribution is 2.26. The van der Waals surface area contributed by atoms with E-state index in [1.54, 1.807) is 13.0 Å². The number of rotatable bonds is 4. The summed E-state index contributed by atoms with van der Waals surface area (Å²) in [6.45, 7) is 4.96. The smallest absolute Gasteiger partial charge is 0.258 e. The molecule has 0 aliphatic heterocycles. The Kier molecular flexibility index (Phi) is 3.99. The molecule has 1 aromatic carbocycles. The van der Waals surface area contributed by atoms with E-state index < -0.39 is 11.6 Å². The van der Waals surface area contributed by atoms with E-state index in [1.807, 2.05) is 19.9 Å². The molecule has 0 saturated carbocycles. The Morgan fingerprint density at radius 1 is 1.44 bits per heavy atom. The number of alkyl halides is 1. The second kappa shape index (κ2) is 5.05. The van der Waals surface area contributed by atoms with Gasteiger partial charge in [-0.3, -0.25) is 14.5 Å². The van der Waals surface area contributed by atoms with E-state index in [-0.39, 0.29) is 11.6 Å². The summed E-state index contributed by atoms with van der Waals surface area (Å²) in [7, 11) is 0. The number of hydrogen-bond acceptors (Lipinski definition) is 2. The van der Waals surface area contributed by atoms with Crippen LogP contribution in [0, 0.1) is 16.0 Å². The van der Waals surface area contributed by atoms with Crippen LogP contribution in [-0.2, 0) is 0 Å². The second-order valence-electron chi connectivity index (χ2n) is 4.14. The standard InChI is InChI=1S/C12H15FNO2/c1-8(2)10-4-11(9(3)7-13)6-12(5-10)14(15)16/h4-6,8H,7H2,1-3H3. The zero-order chi connectivity index (χ0) is 12.3. The van der Waals surface area contributed by atoms with Crippen molar-refractivity contribution in [3.8, 4) is 0 Å². The summed E-state index contributed by atoms with van der Waals surface area (Å²) in [4.78, 5) is 10.3. The Balaban J connectivity index is 3.24. The van der Waals surface area contributed by atoms with Crippen molar-refractivity contribution in [2.45, 2.75) is 26.7 Å². The highest BCUT2D eigenvalue weighted by atomic mass is 19.1. The first-order valence-corrected chi connectivity index (χ1v) is 5.13. The van der Waals surface area contributed by atoms with Crippen molar-refractivity contribution in [1.82, 2.24) is 0 Å². The molecule has 1 aromatic rings. The Morgan fingerprint density at radius 2 is 2.06 bits per heavy atom. The summed E-state index contributed by atoms with van der Waals surface area (Å²) in [5.41, 5.74) is 1.49. The van der Waals surface area contributed by atoms with Gasteiger partial charge in [-0.25, -0.2) is 0 Å². The van der Waals surface area contributed by atoms with Crippen LogP contribution in [0.25, 0.3) is 0 Å². The molecule has 0 aliphatic carbocycles. The molecule has 0 saturated heterocycles. The van der Waals surface area contributed by atoms with Crippen molar-refractivity contribution in [2.24, 2.45) is 0 Å². The molecule has 87 valence electrons. The van der Waals surface area contributed by atoms with Crippen molar-refractivity contribution in [1.29, 1.82) is 0 Å². The van der Waals surface area contributed by atoms with Crippen molar-refractivity contribution in [2.75, 3.05) is 6.67 Å². The van der Waals surface area contributed by atoms with Gasteiger partial charge in [0.05, 0.1) is 11.6 Å². The van der Waals surface area contributed by atoms with E-state index in [1.165, 1.54) is 6.07 Å². The fourth-order valence-corrected chi connectivity index (χ4v) is 1.40. The summed E-state index contributed by atoms with van der Waals surface area (Å²) in [5.74, 6) is 0.705. The van der Waals surface area contributed by atoms with Crippen LogP contribution in [0.3, 0.4) is 0 Å². The summed E-state index contributed by atoms with van der Waals surface area (Å²) < 4.78 is 12.5. The van der Waals surface area contributed by atoms with E-state index in [0.29, 0.717) is 11.5 Å². The summed E-state index contributed by atoms with van der Waals surface area (Å²) >= 11 is 0. The third-order valence-electron chi connectivity index (χ3n) is 2.51. The van der Waals surface area contributed by atoms with Gasteiger partial charge in [0, 0.05) is 18.1 Å². The Labute approximate surface area is 94.4 Å². The minimum atomic E-state index is -0.585. The van der Waals surface area contributed by atoms with Crippen LogP contribution in [0.4, 0.5) is 10.1 Å². The van der Waals surface area contributed by atoms with Gasteiger partial charge in [0.1, 0.15) is 0 Å². The number of nitro groups is 1. The highest BCUT2D eigenvalue weighted by molar-refractivity contribution is 5.45. The molecule has 0 heterocycles. The maximum atomic E-state index is 12.5. The minimum Gasteiger partial charge on any atom is -0.258 e. The Morgan fingerprint density at radius 3 is 2.50 bits per heavy atom. The molecule has 1 rings (SSSR count). The monoisotopic (exact) mass is 224 g/mol. The molecule has 0 aromatic heterocycles. The summed E-state index contributed by atoms with van der Waals surface area (Å²) in [6, 6.07) is 4.77. The third-order valence-corrected chi connectivity index (χ3v) is 2.51. The summed E-state index contributed by atoms with van der Waals surface area (Å²) in [5, 5.41) is 10.7. The molecule has 0 N–H and O–H groups in total. The van der Waals surface area contributed by atoms with Crippen LogP contribution in [0.1, 0.15) is 37.8 Å². The van der Waals surface area contributed by atoms with E-state index in [2.05, 4.69) is 0 Å². The summed E-state index contributed by atoms with van der Waals surface area (Å²) in [6.07, 6.45) is 0. The number of hydrogen-bond donors (Lipinski definition) is 0. The molecule has 16 heavy (non-hydrogen) atoms. The van der Waals surface area contributed by atoms with E-state index in [4.69, 9.17) is 0 Å². The van der Waals surface area contributed by atoms with Gasteiger partial charge in [0.15, 0.2) is 0 Å². The van der Waals surface area contributed by atoms with E-state index >= 15 is 0 Å². The van der Waals surface area contributed by atoms with Crippen LogP contribution in [0.15, 0.2) is 18.2 Å². The van der Waals surface area contributed by atoms with Gasteiger partial charge in [-0.15, -0.1) is 0 Å². The predicted molar refractivity (Wildman–Crippen MR) is 61.2 cm³/mol. The molecule has 0 fully saturated rings. The molecule has 4 heteroatoms. The highest BCUT2D eigenvalue weighted by Gasteiger charge is 2.15. The first-order chi connectivity index (χ1) is 7.45. The maximum absolute atomic E-state index is 12.5. The molecule has 0 unspecified atom stereocenters. The second-order valence-corrected chi connectivity index (χ2v) is 4.14. The van der Waals surface area contributed by atoms with Crippen LogP contribution >= 0.6 is 0 Å². The lowest BCUT2D eigenvalue weighted by Crippen LogP contribution is -2.01. The lowest BCUT2D eigenvalue weighted by atomic mass is 9.94. The molecule has 0 atom stereocenters. The lowest BCUT2D eigenvalue weighted by Gasteiger charge is -2.11. The lowest BCUT2D eigenvalue weighted by molar-refractivity contribution is -0.385. The molecule has 0 bridgehead atoms. The number of nitrogens with zero attached hydrogens (tertiary/aromatic N) is 1. The predicted octanol–water partition coefficient (Wildman–Crippen LogP) is 3.63. The van der Waals surface area contributed by atoms with Crippen LogP contribution in [-0.4, -0.2) is 11.6 Å². The van der Waals surface area contributed by atoms with Gasteiger partial charge >= 0.3 is 0 Å². The molecular weight excluding hydrogens is 209 g/mol. The SMILES string of the molecule is C[C](CF)c1cc(C(C)C)cc([N+](=O)[O-])c1. The zero-order valence-corrected chi connectivity index (χ0v) is 9.66. The molecule has 0 amide bonds. The largest absolute Gasteiger partial charge is 0.270 e. The topological polar surface area (TPSA) is 43.1 Å². The Bertz CT molecular complexity index is 391. The van der Waals surface area contributed by atoms with Gasteiger partial charge in [-0.2, -0.15) is 0 Å². The van der Waals surface area contributed by atoms with Gasteiger partial charge in [-0.1, -0.05) is 26.8 Å². The normalized spacial score (nSPS) is 11.1. The number of nitro benzene ring substituents is 1. The van der Waals surface area contributed by atoms with Gasteiger partial charge in [0.2, 0.25) is 0 Å². The first kappa shape index (κ1) is 12.6. The van der Waals surface area contributed by atoms with Crippen molar-refractivity contribution in [3.63, 3.8) is 0 Å². The van der Waals surface area contributed by atoms with Gasteiger partial charge < -0.3 is 0 Å². The van der Waals surface area contributed by atoms with E-state index in [9.17, 15) is 14.5 Å². The van der Waals surface area contributed by atoms with Crippen LogP contribution < -0.4 is 0 Å². The molecule has 0 aliphatic rings. The fraction of sp³-hybridized carbons (Fsp3) is 0.417. The van der Waals surface area contributed by atoms with Gasteiger partial charge in [0.25, 0.3) is 5.69 Å². The molecule has 0 spiro atoms.